The summed E-state index contributed by atoms with van der Waals surface area (Å²) in [4.78, 5) is 12.2. The van der Waals surface area contributed by atoms with Crippen LogP contribution in [0, 0.1) is 12.7 Å². The van der Waals surface area contributed by atoms with E-state index in [2.05, 4.69) is 5.32 Å². The molecule has 104 valence electrons. The van der Waals surface area contributed by atoms with Gasteiger partial charge >= 0.3 is 0 Å². The molecule has 1 atom stereocenters. The number of rotatable bonds is 3. The van der Waals surface area contributed by atoms with Crippen LogP contribution in [0.4, 0.5) is 10.1 Å². The van der Waals surface area contributed by atoms with E-state index >= 15 is 0 Å². The number of alkyl halides is 1. The summed E-state index contributed by atoms with van der Waals surface area (Å²) >= 11 is 6.09. The van der Waals surface area contributed by atoms with Crippen LogP contribution in [0.2, 0.25) is 0 Å². The number of carbonyl (C=O) groups is 1. The first kappa shape index (κ1) is 14.5. The smallest absolute Gasteiger partial charge is 0.255 e. The highest BCUT2D eigenvalue weighted by molar-refractivity contribution is 6.21. The highest BCUT2D eigenvalue weighted by Crippen LogP contribution is 2.27. The summed E-state index contributed by atoms with van der Waals surface area (Å²) in [7, 11) is 0. The van der Waals surface area contributed by atoms with E-state index < -0.39 is 0 Å². The lowest BCUT2D eigenvalue weighted by Crippen LogP contribution is -2.14. The lowest BCUT2D eigenvalue weighted by molar-refractivity contribution is 0.102. The number of benzene rings is 2. The number of hydrogen-bond donors (Lipinski definition) is 1. The second-order valence-corrected chi connectivity index (χ2v) is 5.27. The fourth-order valence-electron chi connectivity index (χ4n) is 2.03. The molecule has 0 aromatic heterocycles. The summed E-state index contributed by atoms with van der Waals surface area (Å²) in [6.45, 7) is 3.55. The fourth-order valence-corrected chi connectivity index (χ4v) is 2.22. The van der Waals surface area contributed by atoms with Crippen molar-refractivity contribution in [3.63, 3.8) is 0 Å². The van der Waals surface area contributed by atoms with Crippen molar-refractivity contribution in [3.05, 3.63) is 65.0 Å². The SMILES string of the molecule is Cc1cc(F)ccc1C(=O)Nc1ccccc1C(C)Cl. The van der Waals surface area contributed by atoms with Crippen LogP contribution in [0.25, 0.3) is 0 Å². The summed E-state index contributed by atoms with van der Waals surface area (Å²) in [5.74, 6) is -0.624. The Morgan fingerprint density at radius 2 is 1.95 bits per heavy atom. The summed E-state index contributed by atoms with van der Waals surface area (Å²) in [5, 5.41) is 2.62. The van der Waals surface area contributed by atoms with Gasteiger partial charge in [0.1, 0.15) is 5.82 Å². The van der Waals surface area contributed by atoms with E-state index in [0.29, 0.717) is 16.8 Å². The van der Waals surface area contributed by atoms with Crippen LogP contribution in [0.3, 0.4) is 0 Å². The maximum Gasteiger partial charge on any atom is 0.255 e. The van der Waals surface area contributed by atoms with Gasteiger partial charge in [0.05, 0.1) is 5.38 Å². The molecular weight excluding hydrogens is 277 g/mol. The fraction of sp³-hybridized carbons (Fsp3) is 0.188. The standard InChI is InChI=1S/C16H15ClFNO/c1-10-9-12(18)7-8-13(10)16(20)19-15-6-4-3-5-14(15)11(2)17/h3-9,11H,1-2H3,(H,19,20). The lowest BCUT2D eigenvalue weighted by Gasteiger charge is -2.13. The highest BCUT2D eigenvalue weighted by atomic mass is 35.5. The van der Waals surface area contributed by atoms with E-state index in [-0.39, 0.29) is 17.1 Å². The molecule has 0 saturated heterocycles. The van der Waals surface area contributed by atoms with Gasteiger partial charge in [-0.3, -0.25) is 4.79 Å². The monoisotopic (exact) mass is 291 g/mol. The summed E-state index contributed by atoms with van der Waals surface area (Å²) in [6.07, 6.45) is 0. The van der Waals surface area contributed by atoms with Gasteiger partial charge in [-0.15, -0.1) is 11.6 Å². The first-order valence-electron chi connectivity index (χ1n) is 6.29. The minimum absolute atomic E-state index is 0.208. The molecular formula is C16H15ClFNO. The van der Waals surface area contributed by atoms with Crippen molar-refractivity contribution in [1.82, 2.24) is 0 Å². The van der Waals surface area contributed by atoms with Crippen LogP contribution in [0.5, 0.6) is 0 Å². The Labute approximate surface area is 122 Å². The Morgan fingerprint density at radius 1 is 1.25 bits per heavy atom. The summed E-state index contributed by atoms with van der Waals surface area (Å²) < 4.78 is 13.1. The normalized spacial score (nSPS) is 12.0. The third-order valence-electron chi connectivity index (χ3n) is 3.07. The maximum absolute atomic E-state index is 13.1. The Morgan fingerprint density at radius 3 is 2.60 bits per heavy atom. The molecule has 2 nitrogen and oxygen atoms in total. The minimum atomic E-state index is -0.353. The number of amides is 1. The van der Waals surface area contributed by atoms with Crippen LogP contribution in [0.1, 0.15) is 33.8 Å². The molecule has 20 heavy (non-hydrogen) atoms. The molecule has 0 aliphatic carbocycles. The second kappa shape index (κ2) is 6.06. The number of aryl methyl sites for hydroxylation is 1. The van der Waals surface area contributed by atoms with Crippen molar-refractivity contribution < 1.29 is 9.18 Å². The molecule has 0 fully saturated rings. The summed E-state index contributed by atoms with van der Waals surface area (Å²) in [6, 6.07) is 11.5. The predicted molar refractivity (Wildman–Crippen MR) is 79.8 cm³/mol. The molecule has 0 aliphatic heterocycles. The zero-order valence-electron chi connectivity index (χ0n) is 11.3. The molecule has 2 aromatic rings. The van der Waals surface area contributed by atoms with E-state index in [1.807, 2.05) is 25.1 Å². The van der Waals surface area contributed by atoms with Crippen molar-refractivity contribution in [3.8, 4) is 0 Å². The molecule has 1 N–H and O–H groups in total. The van der Waals surface area contributed by atoms with Crippen LogP contribution >= 0.6 is 11.6 Å². The number of para-hydroxylation sites is 1. The van der Waals surface area contributed by atoms with Gasteiger partial charge in [0.25, 0.3) is 5.91 Å². The predicted octanol–water partition coefficient (Wildman–Crippen LogP) is 4.69. The molecule has 4 heteroatoms. The van der Waals surface area contributed by atoms with E-state index in [1.165, 1.54) is 18.2 Å². The zero-order valence-corrected chi connectivity index (χ0v) is 12.0. The van der Waals surface area contributed by atoms with Crippen molar-refractivity contribution in [2.45, 2.75) is 19.2 Å². The van der Waals surface area contributed by atoms with Gasteiger partial charge in [-0.2, -0.15) is 0 Å². The highest BCUT2D eigenvalue weighted by Gasteiger charge is 2.13. The van der Waals surface area contributed by atoms with Crippen molar-refractivity contribution >= 4 is 23.2 Å². The number of nitrogens with one attached hydrogen (secondary N) is 1. The molecule has 0 spiro atoms. The molecule has 0 aliphatic rings. The van der Waals surface area contributed by atoms with Gasteiger partial charge in [0.15, 0.2) is 0 Å². The van der Waals surface area contributed by atoms with Crippen LogP contribution in [0.15, 0.2) is 42.5 Å². The Balaban J connectivity index is 2.28. The van der Waals surface area contributed by atoms with Gasteiger partial charge < -0.3 is 5.32 Å². The first-order valence-corrected chi connectivity index (χ1v) is 6.73. The van der Waals surface area contributed by atoms with E-state index in [1.54, 1.807) is 13.0 Å². The number of carbonyl (C=O) groups excluding carboxylic acids is 1. The third kappa shape index (κ3) is 3.17. The molecule has 0 radical (unpaired) electrons. The number of halogens is 2. The topological polar surface area (TPSA) is 29.1 Å². The average Bonchev–Trinajstić information content (AvgIpc) is 2.38. The molecule has 1 unspecified atom stereocenters. The van der Waals surface area contributed by atoms with Gasteiger partial charge in [-0.25, -0.2) is 4.39 Å². The first-order chi connectivity index (χ1) is 9.49. The average molecular weight is 292 g/mol. The van der Waals surface area contributed by atoms with Crippen LogP contribution in [-0.2, 0) is 0 Å². The quantitative estimate of drug-likeness (QED) is 0.817. The number of anilines is 1. The van der Waals surface area contributed by atoms with Crippen molar-refractivity contribution in [1.29, 1.82) is 0 Å². The van der Waals surface area contributed by atoms with Crippen molar-refractivity contribution in [2.75, 3.05) is 5.32 Å². The van der Waals surface area contributed by atoms with Crippen LogP contribution < -0.4 is 5.32 Å². The van der Waals surface area contributed by atoms with E-state index in [0.717, 1.165) is 5.56 Å². The van der Waals surface area contributed by atoms with Gasteiger partial charge in [0.2, 0.25) is 0 Å². The maximum atomic E-state index is 13.1. The third-order valence-corrected chi connectivity index (χ3v) is 3.31. The molecule has 0 heterocycles. The van der Waals surface area contributed by atoms with Gasteiger partial charge in [-0.05, 0) is 49.2 Å². The Hall–Kier alpha value is -1.87. The van der Waals surface area contributed by atoms with Crippen LogP contribution in [-0.4, -0.2) is 5.91 Å². The van der Waals surface area contributed by atoms with E-state index in [4.69, 9.17) is 11.6 Å². The molecule has 2 aromatic carbocycles. The molecule has 0 bridgehead atoms. The van der Waals surface area contributed by atoms with Gasteiger partial charge in [0, 0.05) is 11.3 Å². The van der Waals surface area contributed by atoms with Gasteiger partial charge in [-0.1, -0.05) is 18.2 Å². The molecule has 2 rings (SSSR count). The lowest BCUT2D eigenvalue weighted by atomic mass is 10.1. The minimum Gasteiger partial charge on any atom is -0.322 e. The zero-order chi connectivity index (χ0) is 14.7. The summed E-state index contributed by atoms with van der Waals surface area (Å²) in [5.41, 5.74) is 2.56. The Kier molecular flexibility index (Phi) is 4.40. The molecule has 1 amide bonds. The van der Waals surface area contributed by atoms with E-state index in [9.17, 15) is 9.18 Å². The largest absolute Gasteiger partial charge is 0.322 e. The second-order valence-electron chi connectivity index (χ2n) is 4.62. The van der Waals surface area contributed by atoms with Crippen molar-refractivity contribution in [2.24, 2.45) is 0 Å². The Bertz CT molecular complexity index is 640. The molecule has 0 saturated carbocycles. The number of hydrogen-bond acceptors (Lipinski definition) is 1.